The first-order valence-electron chi connectivity index (χ1n) is 6.70. The summed E-state index contributed by atoms with van der Waals surface area (Å²) in [5.41, 5.74) is 0.713. The van der Waals surface area contributed by atoms with Crippen molar-refractivity contribution in [3.05, 3.63) is 29.6 Å². The second kappa shape index (κ2) is 5.90. The van der Waals surface area contributed by atoms with E-state index in [0.717, 1.165) is 13.0 Å². The van der Waals surface area contributed by atoms with Crippen LogP contribution in [0.5, 0.6) is 0 Å². The fourth-order valence-corrected chi connectivity index (χ4v) is 2.56. The standard InChI is InChI=1S/C14H19N3O3/c1-9-5-10(2)17(8-9)14(20)16-7-12-6-11(13(18)19)3-4-15-12/h3-4,6,9-10H,5,7-8H2,1-2H3,(H,16,20)(H,18,19). The third-order valence-corrected chi connectivity index (χ3v) is 3.53. The smallest absolute Gasteiger partial charge is 0.335 e. The first-order valence-corrected chi connectivity index (χ1v) is 6.70. The van der Waals surface area contributed by atoms with Crippen LogP contribution in [0.1, 0.15) is 36.3 Å². The number of hydrogen-bond acceptors (Lipinski definition) is 3. The monoisotopic (exact) mass is 277 g/mol. The summed E-state index contributed by atoms with van der Waals surface area (Å²) in [4.78, 5) is 28.8. The third kappa shape index (κ3) is 3.26. The van der Waals surface area contributed by atoms with Crippen LogP contribution in [0.15, 0.2) is 18.3 Å². The van der Waals surface area contributed by atoms with Gasteiger partial charge in [0, 0.05) is 18.8 Å². The quantitative estimate of drug-likeness (QED) is 0.881. The largest absolute Gasteiger partial charge is 0.478 e. The lowest BCUT2D eigenvalue weighted by Gasteiger charge is -2.21. The Morgan fingerprint density at radius 3 is 2.85 bits per heavy atom. The lowest BCUT2D eigenvalue weighted by Crippen LogP contribution is -2.41. The molecule has 1 fully saturated rings. The summed E-state index contributed by atoms with van der Waals surface area (Å²) in [6.07, 6.45) is 2.45. The molecule has 0 radical (unpaired) electrons. The predicted molar refractivity (Wildman–Crippen MR) is 73.4 cm³/mol. The molecule has 2 heterocycles. The van der Waals surface area contributed by atoms with Crippen molar-refractivity contribution >= 4 is 12.0 Å². The van der Waals surface area contributed by atoms with Crippen molar-refractivity contribution in [1.82, 2.24) is 15.2 Å². The minimum atomic E-state index is -0.998. The van der Waals surface area contributed by atoms with Crippen LogP contribution >= 0.6 is 0 Å². The number of rotatable bonds is 3. The summed E-state index contributed by atoms with van der Waals surface area (Å²) < 4.78 is 0. The van der Waals surface area contributed by atoms with Crippen LogP contribution in [-0.2, 0) is 6.54 Å². The van der Waals surface area contributed by atoms with Crippen molar-refractivity contribution in [2.45, 2.75) is 32.9 Å². The number of carboxylic acid groups (broad SMARTS) is 1. The summed E-state index contributed by atoms with van der Waals surface area (Å²) in [6.45, 7) is 5.15. The van der Waals surface area contributed by atoms with Gasteiger partial charge in [0.05, 0.1) is 17.8 Å². The number of carboxylic acids is 1. The van der Waals surface area contributed by atoms with Gasteiger partial charge < -0.3 is 15.3 Å². The molecule has 2 rings (SSSR count). The molecule has 1 aromatic heterocycles. The molecule has 1 aliphatic rings. The summed E-state index contributed by atoms with van der Waals surface area (Å²) in [5, 5.41) is 11.7. The Hall–Kier alpha value is -2.11. The Kier molecular flexibility index (Phi) is 4.22. The number of amides is 2. The van der Waals surface area contributed by atoms with Crippen molar-refractivity contribution in [2.24, 2.45) is 5.92 Å². The van der Waals surface area contributed by atoms with Gasteiger partial charge in [0.25, 0.3) is 0 Å². The summed E-state index contributed by atoms with van der Waals surface area (Å²) in [7, 11) is 0. The molecule has 0 spiro atoms. The highest BCUT2D eigenvalue weighted by Gasteiger charge is 2.29. The van der Waals surface area contributed by atoms with Gasteiger partial charge in [-0.15, -0.1) is 0 Å². The number of likely N-dealkylation sites (tertiary alicyclic amines) is 1. The second-order valence-corrected chi connectivity index (χ2v) is 5.34. The fraction of sp³-hybridized carbons (Fsp3) is 0.500. The molecule has 0 aromatic carbocycles. The first-order chi connectivity index (χ1) is 9.47. The summed E-state index contributed by atoms with van der Waals surface area (Å²) in [5.74, 6) is -0.480. The predicted octanol–water partition coefficient (Wildman–Crippen LogP) is 1.72. The Bertz CT molecular complexity index is 518. The Balaban J connectivity index is 1.93. The Morgan fingerprint density at radius 1 is 1.50 bits per heavy atom. The maximum Gasteiger partial charge on any atom is 0.335 e. The normalized spacial score (nSPS) is 21.8. The molecule has 2 atom stereocenters. The molecule has 2 amide bonds. The van der Waals surface area contributed by atoms with Gasteiger partial charge in [-0.05, 0) is 31.4 Å². The molecule has 2 unspecified atom stereocenters. The minimum absolute atomic E-state index is 0.121. The molecule has 108 valence electrons. The number of nitrogens with zero attached hydrogens (tertiary/aromatic N) is 2. The molecule has 6 heteroatoms. The Labute approximate surface area is 117 Å². The van der Waals surface area contributed by atoms with E-state index in [-0.39, 0.29) is 24.2 Å². The van der Waals surface area contributed by atoms with Gasteiger partial charge in [-0.1, -0.05) is 6.92 Å². The zero-order chi connectivity index (χ0) is 14.7. The number of nitrogens with one attached hydrogen (secondary N) is 1. The van der Waals surface area contributed by atoms with E-state index in [1.54, 1.807) is 0 Å². The van der Waals surface area contributed by atoms with Crippen LogP contribution < -0.4 is 5.32 Å². The lowest BCUT2D eigenvalue weighted by molar-refractivity contribution is 0.0696. The minimum Gasteiger partial charge on any atom is -0.478 e. The number of pyridine rings is 1. The van der Waals surface area contributed by atoms with Gasteiger partial charge in [-0.2, -0.15) is 0 Å². The van der Waals surface area contributed by atoms with Crippen molar-refractivity contribution in [1.29, 1.82) is 0 Å². The highest BCUT2D eigenvalue weighted by molar-refractivity contribution is 5.87. The molecule has 1 aromatic rings. The van der Waals surface area contributed by atoms with Crippen LogP contribution in [0.2, 0.25) is 0 Å². The Morgan fingerprint density at radius 2 is 2.25 bits per heavy atom. The number of aromatic nitrogens is 1. The van der Waals surface area contributed by atoms with Gasteiger partial charge in [0.2, 0.25) is 0 Å². The van der Waals surface area contributed by atoms with Crippen LogP contribution in [0.3, 0.4) is 0 Å². The number of urea groups is 1. The third-order valence-electron chi connectivity index (χ3n) is 3.53. The molecule has 1 aliphatic heterocycles. The first kappa shape index (κ1) is 14.3. The van der Waals surface area contributed by atoms with E-state index in [2.05, 4.69) is 17.2 Å². The number of carbonyl (C=O) groups excluding carboxylic acids is 1. The topological polar surface area (TPSA) is 82.5 Å². The molecule has 2 N–H and O–H groups in total. The van der Waals surface area contributed by atoms with Crippen LogP contribution in [-0.4, -0.2) is 39.6 Å². The molecule has 0 aliphatic carbocycles. The van der Waals surface area contributed by atoms with Gasteiger partial charge in [-0.25, -0.2) is 9.59 Å². The van der Waals surface area contributed by atoms with Crippen LogP contribution in [0.25, 0.3) is 0 Å². The summed E-state index contributed by atoms with van der Waals surface area (Å²) >= 11 is 0. The molecule has 0 saturated carbocycles. The van der Waals surface area contributed by atoms with Crippen LogP contribution in [0.4, 0.5) is 4.79 Å². The van der Waals surface area contributed by atoms with E-state index >= 15 is 0 Å². The van der Waals surface area contributed by atoms with Crippen molar-refractivity contribution in [3.63, 3.8) is 0 Å². The van der Waals surface area contributed by atoms with Gasteiger partial charge in [-0.3, -0.25) is 4.98 Å². The fourth-order valence-electron chi connectivity index (χ4n) is 2.56. The molecule has 20 heavy (non-hydrogen) atoms. The van der Waals surface area contributed by atoms with E-state index < -0.39 is 5.97 Å². The van der Waals surface area contributed by atoms with Crippen LogP contribution in [0, 0.1) is 5.92 Å². The van der Waals surface area contributed by atoms with Crippen molar-refractivity contribution in [2.75, 3.05) is 6.54 Å². The van der Waals surface area contributed by atoms with Gasteiger partial charge >= 0.3 is 12.0 Å². The SMILES string of the molecule is CC1CC(C)N(C(=O)NCc2cc(C(=O)O)ccn2)C1. The molecule has 0 bridgehead atoms. The van der Waals surface area contributed by atoms with E-state index in [1.165, 1.54) is 18.3 Å². The van der Waals surface area contributed by atoms with E-state index in [9.17, 15) is 9.59 Å². The zero-order valence-corrected chi connectivity index (χ0v) is 11.7. The van der Waals surface area contributed by atoms with Crippen molar-refractivity contribution < 1.29 is 14.7 Å². The zero-order valence-electron chi connectivity index (χ0n) is 11.7. The second-order valence-electron chi connectivity index (χ2n) is 5.34. The van der Waals surface area contributed by atoms with Gasteiger partial charge in [0.1, 0.15) is 0 Å². The van der Waals surface area contributed by atoms with Gasteiger partial charge in [0.15, 0.2) is 0 Å². The number of carbonyl (C=O) groups is 2. The highest BCUT2D eigenvalue weighted by Crippen LogP contribution is 2.22. The maximum absolute atomic E-state index is 12.1. The average molecular weight is 277 g/mol. The highest BCUT2D eigenvalue weighted by atomic mass is 16.4. The van der Waals surface area contributed by atoms with E-state index in [4.69, 9.17) is 5.11 Å². The lowest BCUT2D eigenvalue weighted by atomic mass is 10.1. The maximum atomic E-state index is 12.1. The van der Waals surface area contributed by atoms with E-state index in [0.29, 0.717) is 11.6 Å². The number of aromatic carboxylic acids is 1. The average Bonchev–Trinajstić information content (AvgIpc) is 2.75. The number of hydrogen-bond donors (Lipinski definition) is 2. The van der Waals surface area contributed by atoms with Crippen molar-refractivity contribution in [3.8, 4) is 0 Å². The molecular weight excluding hydrogens is 258 g/mol. The van der Waals surface area contributed by atoms with E-state index in [1.807, 2.05) is 11.8 Å². The molecule has 1 saturated heterocycles. The molecule has 6 nitrogen and oxygen atoms in total. The summed E-state index contributed by atoms with van der Waals surface area (Å²) in [6, 6.07) is 3.02. The molecular formula is C14H19N3O3.